The predicted molar refractivity (Wildman–Crippen MR) is 140 cm³/mol. The van der Waals surface area contributed by atoms with Gasteiger partial charge in [-0.15, -0.1) is 10.2 Å². The van der Waals surface area contributed by atoms with Gasteiger partial charge in [-0.25, -0.2) is 4.39 Å². The number of ether oxygens (including phenoxy) is 1. The van der Waals surface area contributed by atoms with E-state index in [9.17, 15) is 14.0 Å². The first kappa shape index (κ1) is 25.9. The van der Waals surface area contributed by atoms with Crippen molar-refractivity contribution < 1.29 is 18.7 Å². The average molecular weight is 520 g/mol. The number of nitrogens with one attached hydrogen (secondary N) is 2. The van der Waals surface area contributed by atoms with Crippen molar-refractivity contribution >= 4 is 29.3 Å². The van der Waals surface area contributed by atoms with Crippen LogP contribution in [0, 0.1) is 12.7 Å². The number of carbonyl (C=O) groups excluding carboxylic acids is 2. The van der Waals surface area contributed by atoms with Gasteiger partial charge in [0.1, 0.15) is 11.6 Å². The second-order valence-electron chi connectivity index (χ2n) is 8.19. The molecular formula is C27H26FN5O3S. The van der Waals surface area contributed by atoms with Crippen molar-refractivity contribution in [1.82, 2.24) is 20.1 Å². The van der Waals surface area contributed by atoms with Gasteiger partial charge in [0.15, 0.2) is 11.0 Å². The maximum absolute atomic E-state index is 13.9. The molecule has 190 valence electrons. The van der Waals surface area contributed by atoms with Crippen LogP contribution in [0.5, 0.6) is 5.75 Å². The second-order valence-corrected chi connectivity index (χ2v) is 9.13. The van der Waals surface area contributed by atoms with E-state index in [1.54, 1.807) is 19.2 Å². The second kappa shape index (κ2) is 12.2. The lowest BCUT2D eigenvalue weighted by atomic mass is 10.1. The zero-order chi connectivity index (χ0) is 26.2. The first-order valence-corrected chi connectivity index (χ1v) is 12.5. The number of aromatic nitrogens is 3. The minimum Gasteiger partial charge on any atom is -0.497 e. The van der Waals surface area contributed by atoms with Crippen molar-refractivity contribution in [3.63, 3.8) is 0 Å². The molecule has 0 saturated heterocycles. The zero-order valence-electron chi connectivity index (χ0n) is 20.4. The molecule has 0 bridgehead atoms. The van der Waals surface area contributed by atoms with E-state index in [-0.39, 0.29) is 36.2 Å². The minimum atomic E-state index is -0.503. The third kappa shape index (κ3) is 6.95. The molecule has 8 nitrogen and oxygen atoms in total. The molecule has 3 aromatic carbocycles. The third-order valence-electron chi connectivity index (χ3n) is 5.41. The molecular weight excluding hydrogens is 493 g/mol. The van der Waals surface area contributed by atoms with Crippen LogP contribution in [0.15, 0.2) is 78.0 Å². The van der Waals surface area contributed by atoms with Crippen molar-refractivity contribution in [2.24, 2.45) is 0 Å². The van der Waals surface area contributed by atoms with E-state index in [1.165, 1.54) is 23.9 Å². The van der Waals surface area contributed by atoms with Crippen molar-refractivity contribution in [3.05, 3.63) is 95.6 Å². The van der Waals surface area contributed by atoms with E-state index in [0.29, 0.717) is 11.0 Å². The highest BCUT2D eigenvalue weighted by atomic mass is 32.2. The van der Waals surface area contributed by atoms with Gasteiger partial charge in [-0.1, -0.05) is 48.2 Å². The van der Waals surface area contributed by atoms with E-state index < -0.39 is 5.82 Å². The summed E-state index contributed by atoms with van der Waals surface area (Å²) in [6.45, 7) is 2.12. The number of anilines is 1. The summed E-state index contributed by atoms with van der Waals surface area (Å²) in [7, 11) is 1.59. The molecule has 0 aliphatic rings. The molecule has 37 heavy (non-hydrogen) atoms. The Balaban J connectivity index is 1.46. The lowest BCUT2D eigenvalue weighted by molar-refractivity contribution is -0.120. The molecule has 2 amide bonds. The molecule has 4 aromatic rings. The van der Waals surface area contributed by atoms with Crippen LogP contribution in [-0.4, -0.2) is 39.4 Å². The number of hydrogen-bond acceptors (Lipinski definition) is 6. The van der Waals surface area contributed by atoms with E-state index in [1.807, 2.05) is 60.0 Å². The summed E-state index contributed by atoms with van der Waals surface area (Å²) in [5.41, 5.74) is 2.82. The highest BCUT2D eigenvalue weighted by Gasteiger charge is 2.17. The number of nitrogens with zero attached hydrogens (tertiary/aromatic N) is 3. The van der Waals surface area contributed by atoms with Crippen LogP contribution < -0.4 is 15.4 Å². The Hall–Kier alpha value is -4.18. The maximum atomic E-state index is 13.9. The van der Waals surface area contributed by atoms with Crippen molar-refractivity contribution in [1.29, 1.82) is 0 Å². The molecule has 0 fully saturated rings. The van der Waals surface area contributed by atoms with E-state index in [0.717, 1.165) is 22.6 Å². The molecule has 0 unspecified atom stereocenters. The van der Waals surface area contributed by atoms with Crippen molar-refractivity contribution in [2.45, 2.75) is 25.0 Å². The molecule has 10 heteroatoms. The molecule has 0 atom stereocenters. The highest BCUT2D eigenvalue weighted by Crippen LogP contribution is 2.23. The Morgan fingerprint density at radius 1 is 1.00 bits per heavy atom. The smallest absolute Gasteiger partial charge is 0.234 e. The number of para-hydroxylation sites is 1. The molecule has 0 radical (unpaired) electrons. The summed E-state index contributed by atoms with van der Waals surface area (Å²) < 4.78 is 20.8. The van der Waals surface area contributed by atoms with E-state index in [4.69, 9.17) is 4.74 Å². The van der Waals surface area contributed by atoms with E-state index >= 15 is 0 Å². The van der Waals surface area contributed by atoms with Gasteiger partial charge in [0.25, 0.3) is 0 Å². The van der Waals surface area contributed by atoms with Gasteiger partial charge in [-0.3, -0.25) is 14.2 Å². The number of benzene rings is 3. The first-order chi connectivity index (χ1) is 17.9. The van der Waals surface area contributed by atoms with Crippen LogP contribution >= 0.6 is 11.8 Å². The van der Waals surface area contributed by atoms with Crippen LogP contribution in [-0.2, 0) is 22.6 Å². The first-order valence-electron chi connectivity index (χ1n) is 11.5. The lowest BCUT2D eigenvalue weighted by Crippen LogP contribution is -2.26. The summed E-state index contributed by atoms with van der Waals surface area (Å²) >= 11 is 1.17. The maximum Gasteiger partial charge on any atom is 0.234 e. The summed E-state index contributed by atoms with van der Waals surface area (Å²) in [5, 5.41) is 14.5. The minimum absolute atomic E-state index is 0.00210. The predicted octanol–water partition coefficient (Wildman–Crippen LogP) is 4.31. The van der Waals surface area contributed by atoms with Crippen LogP contribution in [0.25, 0.3) is 5.69 Å². The Labute approximate surface area is 218 Å². The van der Waals surface area contributed by atoms with Crippen LogP contribution in [0.3, 0.4) is 0 Å². The molecule has 0 aliphatic carbocycles. The topological polar surface area (TPSA) is 98.1 Å². The van der Waals surface area contributed by atoms with Gasteiger partial charge in [-0.05, 0) is 54.4 Å². The Bertz CT molecular complexity index is 1390. The van der Waals surface area contributed by atoms with Gasteiger partial charge in [-0.2, -0.15) is 0 Å². The Kier molecular flexibility index (Phi) is 8.52. The van der Waals surface area contributed by atoms with Gasteiger partial charge in [0, 0.05) is 5.69 Å². The van der Waals surface area contributed by atoms with Gasteiger partial charge >= 0.3 is 0 Å². The summed E-state index contributed by atoms with van der Waals surface area (Å²) in [5.74, 6) is 0.207. The van der Waals surface area contributed by atoms with Crippen LogP contribution in [0.1, 0.15) is 17.0 Å². The SMILES string of the molecule is COc1ccc(CC(=O)NCc2nnc(SCC(=O)Nc3ccccc3F)n2-c2cccc(C)c2)cc1. The lowest BCUT2D eigenvalue weighted by Gasteiger charge is -2.12. The normalized spacial score (nSPS) is 10.7. The van der Waals surface area contributed by atoms with Crippen molar-refractivity contribution in [3.8, 4) is 11.4 Å². The monoisotopic (exact) mass is 519 g/mol. The van der Waals surface area contributed by atoms with Crippen molar-refractivity contribution in [2.75, 3.05) is 18.2 Å². The number of aryl methyl sites for hydroxylation is 1. The van der Waals surface area contributed by atoms with Gasteiger partial charge < -0.3 is 15.4 Å². The molecule has 0 saturated carbocycles. The molecule has 0 spiro atoms. The third-order valence-corrected chi connectivity index (χ3v) is 6.34. The number of methoxy groups -OCH3 is 1. The van der Waals surface area contributed by atoms with Gasteiger partial charge in [0.05, 0.1) is 31.5 Å². The summed E-state index contributed by atoms with van der Waals surface area (Å²) in [4.78, 5) is 25.0. The zero-order valence-corrected chi connectivity index (χ0v) is 21.2. The average Bonchev–Trinajstić information content (AvgIpc) is 3.31. The highest BCUT2D eigenvalue weighted by molar-refractivity contribution is 7.99. The number of thioether (sulfide) groups is 1. The fraction of sp³-hybridized carbons (Fsp3) is 0.185. The number of carbonyl (C=O) groups is 2. The Morgan fingerprint density at radius 3 is 2.51 bits per heavy atom. The van der Waals surface area contributed by atoms with E-state index in [2.05, 4.69) is 20.8 Å². The standard InChI is InChI=1S/C27H26FN5O3S/c1-18-6-5-7-20(14-18)33-24(16-29-25(34)15-19-10-12-21(36-2)13-11-19)31-32-27(33)37-17-26(35)30-23-9-4-3-8-22(23)28/h3-14H,15-17H2,1-2H3,(H,29,34)(H,30,35). The summed E-state index contributed by atoms with van der Waals surface area (Å²) in [6, 6.07) is 21.0. The quantitative estimate of drug-likeness (QED) is 0.303. The Morgan fingerprint density at radius 2 is 1.78 bits per heavy atom. The number of rotatable bonds is 10. The molecule has 1 aromatic heterocycles. The molecule has 0 aliphatic heterocycles. The number of halogens is 1. The van der Waals surface area contributed by atoms with Crippen LogP contribution in [0.2, 0.25) is 0 Å². The van der Waals surface area contributed by atoms with Crippen LogP contribution in [0.4, 0.5) is 10.1 Å². The molecule has 4 rings (SSSR count). The molecule has 1 heterocycles. The summed E-state index contributed by atoms with van der Waals surface area (Å²) in [6.07, 6.45) is 0.209. The largest absolute Gasteiger partial charge is 0.497 e. The van der Waals surface area contributed by atoms with Gasteiger partial charge in [0.2, 0.25) is 11.8 Å². The fourth-order valence-electron chi connectivity index (χ4n) is 3.58. The fourth-order valence-corrected chi connectivity index (χ4v) is 4.35. The molecule has 2 N–H and O–H groups in total. The number of amides is 2. The number of hydrogen-bond donors (Lipinski definition) is 2.